The molecule has 5 heteroatoms. The highest BCUT2D eigenvalue weighted by atomic mass is 16.5. The number of hydrogen-bond donors (Lipinski definition) is 2. The van der Waals surface area contributed by atoms with E-state index in [0.717, 1.165) is 24.4 Å². The first-order chi connectivity index (χ1) is 9.47. The smallest absolute Gasteiger partial charge is 0.319 e. The van der Waals surface area contributed by atoms with Crippen LogP contribution in [0.4, 0.5) is 10.5 Å². The number of amides is 2. The Balaban J connectivity index is 2.31. The van der Waals surface area contributed by atoms with Crippen molar-refractivity contribution in [3.63, 3.8) is 0 Å². The van der Waals surface area contributed by atoms with Crippen LogP contribution < -0.4 is 15.4 Å². The molecule has 2 N–H and O–H groups in total. The first-order valence-electron chi connectivity index (χ1n) is 6.93. The van der Waals surface area contributed by atoms with Crippen molar-refractivity contribution in [2.45, 2.75) is 26.4 Å². The third kappa shape index (κ3) is 6.99. The Morgan fingerprint density at radius 2 is 1.90 bits per heavy atom. The number of anilines is 1. The van der Waals surface area contributed by atoms with Crippen LogP contribution in [-0.2, 0) is 0 Å². The highest BCUT2D eigenvalue weighted by molar-refractivity contribution is 5.89. The topological polar surface area (TPSA) is 53.6 Å². The lowest BCUT2D eigenvalue weighted by atomic mass is 10.3. The van der Waals surface area contributed by atoms with Gasteiger partial charge in [-0.15, -0.1) is 0 Å². The summed E-state index contributed by atoms with van der Waals surface area (Å²) in [6.45, 7) is 5.58. The van der Waals surface area contributed by atoms with Gasteiger partial charge in [0.1, 0.15) is 5.75 Å². The number of rotatable bonds is 7. The monoisotopic (exact) mass is 279 g/mol. The molecule has 0 aliphatic rings. The van der Waals surface area contributed by atoms with E-state index in [1.807, 2.05) is 52.2 Å². The minimum atomic E-state index is -0.179. The fourth-order valence-corrected chi connectivity index (χ4v) is 1.66. The highest BCUT2D eigenvalue weighted by Gasteiger charge is 2.02. The molecule has 0 unspecified atom stereocenters. The molecule has 0 aliphatic carbocycles. The molecule has 1 aromatic rings. The Bertz CT molecular complexity index is 402. The third-order valence-electron chi connectivity index (χ3n) is 2.55. The van der Waals surface area contributed by atoms with E-state index in [9.17, 15) is 4.79 Å². The molecule has 0 spiro atoms. The summed E-state index contributed by atoms with van der Waals surface area (Å²) in [5.41, 5.74) is 0.756. The van der Waals surface area contributed by atoms with E-state index in [1.54, 1.807) is 0 Å². The Labute approximate surface area is 121 Å². The molecule has 1 rings (SSSR count). The number of hydrogen-bond acceptors (Lipinski definition) is 3. The van der Waals surface area contributed by atoms with Crippen LogP contribution in [0.5, 0.6) is 5.75 Å². The van der Waals surface area contributed by atoms with Crippen molar-refractivity contribution in [3.8, 4) is 5.75 Å². The summed E-state index contributed by atoms with van der Waals surface area (Å²) < 4.78 is 5.54. The Kier molecular flexibility index (Phi) is 6.87. The second kappa shape index (κ2) is 8.43. The molecule has 0 aromatic heterocycles. The van der Waals surface area contributed by atoms with Gasteiger partial charge >= 0.3 is 6.03 Å². The standard InChI is InChI=1S/C15H25N3O2/c1-12(2)20-14-8-6-13(7-9-14)17-15(19)16-10-5-11-18(3)4/h6-9,12H,5,10-11H2,1-4H3,(H2,16,17,19). The second-order valence-corrected chi connectivity index (χ2v) is 5.23. The summed E-state index contributed by atoms with van der Waals surface area (Å²) in [5, 5.41) is 5.62. The predicted molar refractivity (Wildman–Crippen MR) is 82.4 cm³/mol. The maximum absolute atomic E-state index is 11.7. The SMILES string of the molecule is CC(C)Oc1ccc(NC(=O)NCCCN(C)C)cc1. The highest BCUT2D eigenvalue weighted by Crippen LogP contribution is 2.16. The van der Waals surface area contributed by atoms with Gasteiger partial charge in [0.2, 0.25) is 0 Å². The van der Waals surface area contributed by atoms with E-state index in [4.69, 9.17) is 4.74 Å². The lowest BCUT2D eigenvalue weighted by Crippen LogP contribution is -2.31. The number of nitrogens with one attached hydrogen (secondary N) is 2. The maximum Gasteiger partial charge on any atom is 0.319 e. The zero-order valence-electron chi connectivity index (χ0n) is 12.8. The van der Waals surface area contributed by atoms with E-state index in [1.165, 1.54) is 0 Å². The summed E-state index contributed by atoms with van der Waals surface area (Å²) in [4.78, 5) is 13.7. The zero-order chi connectivity index (χ0) is 15.0. The van der Waals surface area contributed by atoms with Crippen molar-refractivity contribution in [2.24, 2.45) is 0 Å². The minimum absolute atomic E-state index is 0.147. The molecule has 0 radical (unpaired) electrons. The van der Waals surface area contributed by atoms with E-state index in [0.29, 0.717) is 6.54 Å². The molecule has 2 amide bonds. The van der Waals surface area contributed by atoms with Gasteiger partial charge in [-0.2, -0.15) is 0 Å². The van der Waals surface area contributed by atoms with Crippen molar-refractivity contribution >= 4 is 11.7 Å². The third-order valence-corrected chi connectivity index (χ3v) is 2.55. The number of urea groups is 1. The lowest BCUT2D eigenvalue weighted by Gasteiger charge is -2.12. The quantitative estimate of drug-likeness (QED) is 0.754. The first-order valence-corrected chi connectivity index (χ1v) is 6.93. The van der Waals surface area contributed by atoms with Crippen LogP contribution in [0.3, 0.4) is 0 Å². The maximum atomic E-state index is 11.7. The molecule has 0 saturated carbocycles. The molecule has 0 atom stereocenters. The molecular weight excluding hydrogens is 254 g/mol. The van der Waals surface area contributed by atoms with Crippen LogP contribution in [0.1, 0.15) is 20.3 Å². The Hall–Kier alpha value is -1.75. The number of carbonyl (C=O) groups is 1. The van der Waals surface area contributed by atoms with E-state index in [-0.39, 0.29) is 12.1 Å². The molecule has 0 saturated heterocycles. The summed E-state index contributed by atoms with van der Waals surface area (Å²) in [6, 6.07) is 7.18. The fourth-order valence-electron chi connectivity index (χ4n) is 1.66. The van der Waals surface area contributed by atoms with Crippen LogP contribution in [-0.4, -0.2) is 44.2 Å². The van der Waals surface area contributed by atoms with Crippen molar-refractivity contribution in [1.82, 2.24) is 10.2 Å². The van der Waals surface area contributed by atoms with Crippen LogP contribution in [0.15, 0.2) is 24.3 Å². The average molecular weight is 279 g/mol. The van der Waals surface area contributed by atoms with Crippen molar-refractivity contribution in [1.29, 1.82) is 0 Å². The number of nitrogens with zero attached hydrogens (tertiary/aromatic N) is 1. The van der Waals surface area contributed by atoms with Crippen LogP contribution >= 0.6 is 0 Å². The molecular formula is C15H25N3O2. The minimum Gasteiger partial charge on any atom is -0.491 e. The van der Waals surface area contributed by atoms with Gasteiger partial charge in [-0.05, 0) is 65.2 Å². The number of benzene rings is 1. The van der Waals surface area contributed by atoms with Gasteiger partial charge in [-0.3, -0.25) is 0 Å². The molecule has 20 heavy (non-hydrogen) atoms. The van der Waals surface area contributed by atoms with Gasteiger partial charge in [-0.25, -0.2) is 4.79 Å². The average Bonchev–Trinajstić information content (AvgIpc) is 2.36. The summed E-state index contributed by atoms with van der Waals surface area (Å²) in [5.74, 6) is 0.803. The predicted octanol–water partition coefficient (Wildman–Crippen LogP) is 2.55. The van der Waals surface area contributed by atoms with Gasteiger partial charge < -0.3 is 20.3 Å². The number of ether oxygens (including phenoxy) is 1. The van der Waals surface area contributed by atoms with E-state index >= 15 is 0 Å². The first kappa shape index (κ1) is 16.3. The van der Waals surface area contributed by atoms with Crippen molar-refractivity contribution in [2.75, 3.05) is 32.5 Å². The van der Waals surface area contributed by atoms with Crippen LogP contribution in [0, 0.1) is 0 Å². The van der Waals surface area contributed by atoms with Crippen LogP contribution in [0.2, 0.25) is 0 Å². The summed E-state index contributed by atoms with van der Waals surface area (Å²) >= 11 is 0. The largest absolute Gasteiger partial charge is 0.491 e. The van der Waals surface area contributed by atoms with Gasteiger partial charge in [0, 0.05) is 12.2 Å². The molecule has 5 nitrogen and oxygen atoms in total. The fraction of sp³-hybridized carbons (Fsp3) is 0.533. The van der Waals surface area contributed by atoms with Crippen LogP contribution in [0.25, 0.3) is 0 Å². The molecule has 112 valence electrons. The Morgan fingerprint density at radius 1 is 1.25 bits per heavy atom. The van der Waals surface area contributed by atoms with Gasteiger partial charge in [0.25, 0.3) is 0 Å². The zero-order valence-corrected chi connectivity index (χ0v) is 12.8. The number of carbonyl (C=O) groups excluding carboxylic acids is 1. The molecule has 1 aromatic carbocycles. The van der Waals surface area contributed by atoms with E-state index in [2.05, 4.69) is 15.5 Å². The van der Waals surface area contributed by atoms with Crippen molar-refractivity contribution < 1.29 is 9.53 Å². The molecule has 0 bridgehead atoms. The lowest BCUT2D eigenvalue weighted by molar-refractivity contribution is 0.242. The van der Waals surface area contributed by atoms with Gasteiger partial charge in [0.15, 0.2) is 0 Å². The normalized spacial score (nSPS) is 10.7. The van der Waals surface area contributed by atoms with Gasteiger partial charge in [0.05, 0.1) is 6.10 Å². The second-order valence-electron chi connectivity index (χ2n) is 5.23. The molecule has 0 aliphatic heterocycles. The molecule has 0 heterocycles. The van der Waals surface area contributed by atoms with E-state index < -0.39 is 0 Å². The Morgan fingerprint density at radius 3 is 2.45 bits per heavy atom. The van der Waals surface area contributed by atoms with Gasteiger partial charge in [-0.1, -0.05) is 0 Å². The summed E-state index contributed by atoms with van der Waals surface area (Å²) in [7, 11) is 4.03. The summed E-state index contributed by atoms with van der Waals surface area (Å²) in [6.07, 6.45) is 1.08. The van der Waals surface area contributed by atoms with Crippen molar-refractivity contribution in [3.05, 3.63) is 24.3 Å². The molecule has 0 fully saturated rings.